The molecule has 4 nitrogen and oxygen atoms in total. The van der Waals surface area contributed by atoms with Gasteiger partial charge in [-0.15, -0.1) is 0 Å². The van der Waals surface area contributed by atoms with Crippen molar-refractivity contribution in [3.63, 3.8) is 0 Å². The number of hydrogen-bond donors (Lipinski definition) is 2. The number of hydrogen-bond acceptors (Lipinski definition) is 4. The topological polar surface area (TPSA) is 62.2 Å². The maximum absolute atomic E-state index is 10.6. The van der Waals surface area contributed by atoms with E-state index < -0.39 is 7.05 Å². The molecule has 0 saturated carbocycles. The number of carbonyl (C=O) groups is 1. The van der Waals surface area contributed by atoms with Crippen LogP contribution in [0.5, 0.6) is 0 Å². The second kappa shape index (κ2) is 4.25. The molecule has 1 heterocycles. The third-order valence-corrected chi connectivity index (χ3v) is 1.72. The van der Waals surface area contributed by atoms with Crippen LogP contribution >= 0.6 is 11.6 Å². The molecule has 0 bridgehead atoms. The number of rotatable bonds is 3. The fourth-order valence-electron chi connectivity index (χ4n) is 0.911. The summed E-state index contributed by atoms with van der Waals surface area (Å²) in [6.07, 6.45) is 2.06. The van der Waals surface area contributed by atoms with Crippen molar-refractivity contribution in [3.05, 3.63) is 23.0 Å². The van der Waals surface area contributed by atoms with Gasteiger partial charge in [-0.3, -0.25) is 4.79 Å². The van der Waals surface area contributed by atoms with E-state index in [2.05, 4.69) is 10.2 Å². The van der Waals surface area contributed by atoms with Gasteiger partial charge in [-0.2, -0.15) is 0 Å². The summed E-state index contributed by atoms with van der Waals surface area (Å²) >= 11 is 5.65. The van der Waals surface area contributed by atoms with Gasteiger partial charge >= 0.3 is 7.05 Å². The van der Waals surface area contributed by atoms with Gasteiger partial charge in [-0.1, -0.05) is 11.6 Å². The number of anilines is 1. The summed E-state index contributed by atoms with van der Waals surface area (Å²) in [7, 11) is -0.739. The number of nitrogens with one attached hydrogen (secondary N) is 1. The Morgan fingerprint density at radius 1 is 1.77 bits per heavy atom. The molecule has 0 aliphatic carbocycles. The van der Waals surface area contributed by atoms with E-state index in [0.717, 1.165) is 0 Å². The van der Waals surface area contributed by atoms with Gasteiger partial charge in [-0.05, 0) is 12.9 Å². The normalized spacial score (nSPS) is 9.46. The molecule has 0 aliphatic rings. The molecule has 1 aromatic heterocycles. The van der Waals surface area contributed by atoms with Gasteiger partial charge < -0.3 is 10.3 Å². The first kappa shape index (κ1) is 10.0. The highest BCUT2D eigenvalue weighted by molar-refractivity contribution is 6.53. The van der Waals surface area contributed by atoms with Gasteiger partial charge in [0.25, 0.3) is 0 Å². The van der Waals surface area contributed by atoms with Crippen LogP contribution in [-0.4, -0.2) is 23.3 Å². The fourth-order valence-corrected chi connectivity index (χ4v) is 1.11. The lowest BCUT2D eigenvalue weighted by atomic mass is 9.88. The Morgan fingerprint density at radius 2 is 2.46 bits per heavy atom. The molecule has 68 valence electrons. The van der Waals surface area contributed by atoms with Crippen LogP contribution in [0.3, 0.4) is 0 Å². The highest BCUT2D eigenvalue weighted by atomic mass is 35.5. The third kappa shape index (κ3) is 2.43. The Kier molecular flexibility index (Phi) is 3.28. The average Bonchev–Trinajstić information content (AvgIpc) is 2.03. The molecule has 0 unspecified atom stereocenters. The number of halogens is 1. The first-order valence-corrected chi connectivity index (χ1v) is 4.07. The standard InChI is InChI=1S/C7H8BClN2O2/c1-8(13)11-6-2-3-10-7(9)5(6)4-12/h2-4,13H,1H3,(H,10,11). The SMILES string of the molecule is CB(O)Nc1ccnc(Cl)c1C=O. The van der Waals surface area contributed by atoms with E-state index >= 15 is 0 Å². The second-order valence-electron chi connectivity index (χ2n) is 2.50. The van der Waals surface area contributed by atoms with Crippen molar-refractivity contribution in [2.45, 2.75) is 6.82 Å². The van der Waals surface area contributed by atoms with Crippen LogP contribution in [0.4, 0.5) is 5.69 Å². The minimum Gasteiger partial charge on any atom is -0.433 e. The van der Waals surface area contributed by atoms with Gasteiger partial charge in [-0.25, -0.2) is 4.98 Å². The van der Waals surface area contributed by atoms with Crippen LogP contribution in [0.25, 0.3) is 0 Å². The summed E-state index contributed by atoms with van der Waals surface area (Å²) in [5.41, 5.74) is 0.732. The molecule has 2 N–H and O–H groups in total. The van der Waals surface area contributed by atoms with Crippen LogP contribution in [0, 0.1) is 0 Å². The van der Waals surface area contributed by atoms with Gasteiger partial charge in [0.05, 0.1) is 5.56 Å². The molecule has 0 amide bonds. The first-order chi connectivity index (χ1) is 6.15. The minimum atomic E-state index is -0.739. The van der Waals surface area contributed by atoms with Crippen molar-refractivity contribution < 1.29 is 9.82 Å². The molecule has 0 spiro atoms. The molecule has 1 rings (SSSR count). The molecule has 0 fully saturated rings. The number of aromatic nitrogens is 1. The summed E-state index contributed by atoms with van der Waals surface area (Å²) in [6, 6.07) is 1.57. The third-order valence-electron chi connectivity index (χ3n) is 1.42. The highest BCUT2D eigenvalue weighted by Gasteiger charge is 2.10. The van der Waals surface area contributed by atoms with E-state index in [1.54, 1.807) is 12.9 Å². The average molecular weight is 198 g/mol. The second-order valence-corrected chi connectivity index (χ2v) is 2.86. The Balaban J connectivity index is 3.05. The van der Waals surface area contributed by atoms with Crippen LogP contribution in [0.1, 0.15) is 10.4 Å². The molecule has 1 aromatic rings. The van der Waals surface area contributed by atoms with Crippen LogP contribution in [0.2, 0.25) is 12.0 Å². The zero-order chi connectivity index (χ0) is 9.84. The van der Waals surface area contributed by atoms with E-state index in [-0.39, 0.29) is 10.7 Å². The molecule has 13 heavy (non-hydrogen) atoms. The monoisotopic (exact) mass is 198 g/mol. The fraction of sp³-hybridized carbons (Fsp3) is 0.143. The zero-order valence-electron chi connectivity index (χ0n) is 6.99. The quantitative estimate of drug-likeness (QED) is 0.433. The van der Waals surface area contributed by atoms with Crippen molar-refractivity contribution >= 4 is 30.6 Å². The Bertz CT molecular complexity index is 319. The van der Waals surface area contributed by atoms with Gasteiger partial charge in [0.2, 0.25) is 0 Å². The first-order valence-electron chi connectivity index (χ1n) is 3.69. The van der Waals surface area contributed by atoms with Gasteiger partial charge in [0.15, 0.2) is 6.29 Å². The van der Waals surface area contributed by atoms with Crippen molar-refractivity contribution in [1.29, 1.82) is 0 Å². The number of aldehydes is 1. The summed E-state index contributed by atoms with van der Waals surface area (Å²) in [6.45, 7) is 1.54. The summed E-state index contributed by atoms with van der Waals surface area (Å²) in [5, 5.41) is 11.8. The van der Waals surface area contributed by atoms with Gasteiger partial charge in [0.1, 0.15) is 5.15 Å². The van der Waals surface area contributed by atoms with E-state index in [0.29, 0.717) is 12.0 Å². The summed E-state index contributed by atoms with van der Waals surface area (Å²) < 4.78 is 0. The smallest absolute Gasteiger partial charge is 0.406 e. The van der Waals surface area contributed by atoms with Crippen molar-refractivity contribution in [3.8, 4) is 0 Å². The lowest BCUT2D eigenvalue weighted by molar-refractivity contribution is 0.112. The zero-order valence-corrected chi connectivity index (χ0v) is 7.75. The molecule has 0 aliphatic heterocycles. The Labute approximate surface area is 81.1 Å². The Morgan fingerprint density at radius 3 is 3.00 bits per heavy atom. The minimum absolute atomic E-state index is 0.126. The summed E-state index contributed by atoms with van der Waals surface area (Å²) in [5.74, 6) is 0. The maximum atomic E-state index is 10.6. The molecule has 6 heteroatoms. The lowest BCUT2D eigenvalue weighted by Crippen LogP contribution is -2.20. The largest absolute Gasteiger partial charge is 0.433 e. The van der Waals surface area contributed by atoms with E-state index in [9.17, 15) is 4.79 Å². The van der Waals surface area contributed by atoms with Crippen LogP contribution < -0.4 is 5.23 Å². The van der Waals surface area contributed by atoms with Gasteiger partial charge in [0, 0.05) is 11.9 Å². The van der Waals surface area contributed by atoms with Crippen molar-refractivity contribution in [2.75, 3.05) is 5.23 Å². The molecule has 0 saturated heterocycles. The van der Waals surface area contributed by atoms with Crippen LogP contribution in [-0.2, 0) is 0 Å². The Hall–Kier alpha value is -1.07. The van der Waals surface area contributed by atoms with Crippen molar-refractivity contribution in [1.82, 2.24) is 4.98 Å². The predicted octanol–water partition coefficient (Wildman–Crippen LogP) is 1.07. The highest BCUT2D eigenvalue weighted by Crippen LogP contribution is 2.19. The molecular weight excluding hydrogens is 190 g/mol. The van der Waals surface area contributed by atoms with E-state index in [4.69, 9.17) is 16.6 Å². The molecular formula is C7H8BClN2O2. The molecule has 0 aromatic carbocycles. The van der Waals surface area contributed by atoms with E-state index in [1.807, 2.05) is 0 Å². The molecule has 0 radical (unpaired) electrons. The number of nitrogens with zero attached hydrogens (tertiary/aromatic N) is 1. The van der Waals surface area contributed by atoms with E-state index in [1.165, 1.54) is 6.20 Å². The summed E-state index contributed by atoms with van der Waals surface area (Å²) in [4.78, 5) is 14.3. The number of carbonyl (C=O) groups excluding carboxylic acids is 1. The maximum Gasteiger partial charge on any atom is 0.406 e. The van der Waals surface area contributed by atoms with Crippen molar-refractivity contribution in [2.24, 2.45) is 0 Å². The van der Waals surface area contributed by atoms with Crippen LogP contribution in [0.15, 0.2) is 12.3 Å². The molecule has 0 atom stereocenters. The predicted molar refractivity (Wildman–Crippen MR) is 52.1 cm³/mol. The lowest BCUT2D eigenvalue weighted by Gasteiger charge is -2.08. The number of pyridine rings is 1.